The largest absolute Gasteiger partial charge is 0.453 e. The first-order valence-electron chi connectivity index (χ1n) is 6.92. The van der Waals surface area contributed by atoms with E-state index in [0.29, 0.717) is 10.4 Å². The Morgan fingerprint density at radius 2 is 1.68 bits per heavy atom. The van der Waals surface area contributed by atoms with E-state index in [-0.39, 0.29) is 16.9 Å². The van der Waals surface area contributed by atoms with Crippen LogP contribution in [0.1, 0.15) is 32.1 Å². The van der Waals surface area contributed by atoms with Crippen molar-refractivity contribution in [1.29, 1.82) is 0 Å². The van der Waals surface area contributed by atoms with Crippen molar-refractivity contribution >= 4 is 26.0 Å². The van der Waals surface area contributed by atoms with Gasteiger partial charge in [-0.25, -0.2) is 8.42 Å². The van der Waals surface area contributed by atoms with Gasteiger partial charge in [0.1, 0.15) is 5.76 Å². The molecule has 0 spiro atoms. The minimum absolute atomic E-state index is 0.00532. The standard InChI is InChI=1S/C16H20BrNO3S/c1-16(2,3)12-5-8-14(9-6-12)22(19,20)18(4)11-13-7-10-15(17)21-13/h5-10H,11H2,1-4H3. The van der Waals surface area contributed by atoms with E-state index in [1.54, 1.807) is 31.3 Å². The van der Waals surface area contributed by atoms with Gasteiger partial charge in [-0.05, 0) is 51.2 Å². The zero-order valence-corrected chi connectivity index (χ0v) is 15.5. The van der Waals surface area contributed by atoms with Crippen LogP contribution in [-0.4, -0.2) is 19.8 Å². The van der Waals surface area contributed by atoms with Gasteiger partial charge in [0.15, 0.2) is 4.67 Å². The number of furan rings is 1. The third-order valence-electron chi connectivity index (χ3n) is 3.44. The number of hydrogen-bond acceptors (Lipinski definition) is 3. The molecule has 22 heavy (non-hydrogen) atoms. The molecule has 0 saturated heterocycles. The second kappa shape index (κ2) is 6.18. The fourth-order valence-electron chi connectivity index (χ4n) is 2.05. The second-order valence-electron chi connectivity index (χ2n) is 6.24. The highest BCUT2D eigenvalue weighted by atomic mass is 79.9. The van der Waals surface area contributed by atoms with E-state index in [2.05, 4.69) is 36.7 Å². The molecule has 0 fully saturated rings. The molecule has 0 aliphatic heterocycles. The normalized spacial score (nSPS) is 12.8. The molecule has 1 aromatic heterocycles. The van der Waals surface area contributed by atoms with Crippen LogP contribution >= 0.6 is 15.9 Å². The summed E-state index contributed by atoms with van der Waals surface area (Å²) < 4.78 is 32.4. The fourth-order valence-corrected chi connectivity index (χ4v) is 3.53. The third kappa shape index (κ3) is 3.80. The number of benzene rings is 1. The van der Waals surface area contributed by atoms with Gasteiger partial charge in [-0.3, -0.25) is 0 Å². The summed E-state index contributed by atoms with van der Waals surface area (Å²) in [6.45, 7) is 6.47. The van der Waals surface area contributed by atoms with Gasteiger partial charge < -0.3 is 4.42 Å². The molecule has 0 radical (unpaired) electrons. The Labute approximate surface area is 140 Å². The van der Waals surface area contributed by atoms with E-state index in [9.17, 15) is 8.42 Å². The molecular weight excluding hydrogens is 366 g/mol. The second-order valence-corrected chi connectivity index (χ2v) is 9.07. The van der Waals surface area contributed by atoms with Gasteiger partial charge in [0.2, 0.25) is 10.0 Å². The van der Waals surface area contributed by atoms with E-state index in [0.717, 1.165) is 5.56 Å². The first kappa shape index (κ1) is 17.2. The summed E-state index contributed by atoms with van der Waals surface area (Å²) in [7, 11) is -1.99. The number of hydrogen-bond donors (Lipinski definition) is 0. The van der Waals surface area contributed by atoms with Crippen molar-refractivity contribution in [3.63, 3.8) is 0 Å². The maximum Gasteiger partial charge on any atom is 0.243 e. The summed E-state index contributed by atoms with van der Waals surface area (Å²) in [5, 5.41) is 0. The molecule has 6 heteroatoms. The fraction of sp³-hybridized carbons (Fsp3) is 0.375. The molecule has 1 heterocycles. The highest BCUT2D eigenvalue weighted by Gasteiger charge is 2.23. The van der Waals surface area contributed by atoms with Crippen molar-refractivity contribution in [3.05, 3.63) is 52.4 Å². The van der Waals surface area contributed by atoms with Crippen molar-refractivity contribution in [2.75, 3.05) is 7.05 Å². The maximum atomic E-state index is 12.6. The average Bonchev–Trinajstić information content (AvgIpc) is 2.83. The van der Waals surface area contributed by atoms with Gasteiger partial charge in [0.05, 0.1) is 11.4 Å². The lowest BCUT2D eigenvalue weighted by Gasteiger charge is -2.20. The zero-order valence-electron chi connectivity index (χ0n) is 13.1. The molecule has 0 saturated carbocycles. The molecule has 0 N–H and O–H groups in total. The van der Waals surface area contributed by atoms with E-state index in [1.165, 1.54) is 4.31 Å². The third-order valence-corrected chi connectivity index (χ3v) is 5.68. The molecule has 1 aromatic carbocycles. The molecule has 120 valence electrons. The van der Waals surface area contributed by atoms with Crippen LogP contribution in [0.25, 0.3) is 0 Å². The van der Waals surface area contributed by atoms with Crippen LogP contribution in [0.3, 0.4) is 0 Å². The Kier molecular flexibility index (Phi) is 4.84. The molecule has 0 aliphatic rings. The summed E-state index contributed by atoms with van der Waals surface area (Å²) in [4.78, 5) is 0.286. The Hall–Kier alpha value is -1.11. The van der Waals surface area contributed by atoms with Crippen molar-refractivity contribution in [2.45, 2.75) is 37.6 Å². The van der Waals surface area contributed by atoms with Gasteiger partial charge >= 0.3 is 0 Å². The smallest absolute Gasteiger partial charge is 0.243 e. The van der Waals surface area contributed by atoms with Gasteiger partial charge in [0, 0.05) is 7.05 Å². The summed E-state index contributed by atoms with van der Waals surface area (Å²) >= 11 is 3.21. The van der Waals surface area contributed by atoms with E-state index >= 15 is 0 Å². The van der Waals surface area contributed by atoms with E-state index < -0.39 is 10.0 Å². The summed E-state index contributed by atoms with van der Waals surface area (Å²) in [6, 6.07) is 10.5. The molecule has 0 aliphatic carbocycles. The summed E-state index contributed by atoms with van der Waals surface area (Å²) in [5.74, 6) is 0.587. The predicted octanol–water partition coefficient (Wildman–Crippen LogP) is 4.16. The number of nitrogens with zero attached hydrogens (tertiary/aromatic N) is 1. The Morgan fingerprint density at radius 3 is 2.14 bits per heavy atom. The quantitative estimate of drug-likeness (QED) is 0.793. The highest BCUT2D eigenvalue weighted by molar-refractivity contribution is 9.10. The Morgan fingerprint density at radius 1 is 1.09 bits per heavy atom. The van der Waals surface area contributed by atoms with Crippen LogP contribution < -0.4 is 0 Å². The Bertz CT molecular complexity index is 742. The van der Waals surface area contributed by atoms with Crippen LogP contribution in [0.2, 0.25) is 0 Å². The van der Waals surface area contributed by atoms with Crippen LogP contribution in [0.15, 0.2) is 50.4 Å². The monoisotopic (exact) mass is 385 g/mol. The topological polar surface area (TPSA) is 50.5 Å². The SMILES string of the molecule is CN(Cc1ccc(Br)o1)S(=O)(=O)c1ccc(C(C)(C)C)cc1. The summed E-state index contributed by atoms with van der Waals surface area (Å²) in [6.07, 6.45) is 0. The number of sulfonamides is 1. The molecule has 2 aromatic rings. The van der Waals surface area contributed by atoms with Crippen LogP contribution in [0.5, 0.6) is 0 Å². The van der Waals surface area contributed by atoms with Gasteiger partial charge in [0.25, 0.3) is 0 Å². The predicted molar refractivity (Wildman–Crippen MR) is 90.2 cm³/mol. The molecular formula is C16H20BrNO3S. The van der Waals surface area contributed by atoms with E-state index in [4.69, 9.17) is 4.42 Å². The molecule has 0 bridgehead atoms. The van der Waals surface area contributed by atoms with E-state index in [1.807, 2.05) is 12.1 Å². The lowest BCUT2D eigenvalue weighted by atomic mass is 9.87. The zero-order chi connectivity index (χ0) is 16.5. The minimum atomic E-state index is -3.53. The minimum Gasteiger partial charge on any atom is -0.453 e. The lowest BCUT2D eigenvalue weighted by molar-refractivity contribution is 0.398. The van der Waals surface area contributed by atoms with Crippen LogP contribution in [0, 0.1) is 0 Å². The lowest BCUT2D eigenvalue weighted by Crippen LogP contribution is -2.26. The van der Waals surface area contributed by atoms with Crippen LogP contribution in [-0.2, 0) is 22.0 Å². The van der Waals surface area contributed by atoms with Crippen molar-refractivity contribution in [2.24, 2.45) is 0 Å². The van der Waals surface area contributed by atoms with Crippen molar-refractivity contribution in [1.82, 2.24) is 4.31 Å². The van der Waals surface area contributed by atoms with Crippen molar-refractivity contribution in [3.8, 4) is 0 Å². The Balaban J connectivity index is 2.22. The average molecular weight is 386 g/mol. The first-order chi connectivity index (χ1) is 10.1. The molecule has 4 nitrogen and oxygen atoms in total. The molecule has 0 unspecified atom stereocenters. The van der Waals surface area contributed by atoms with Gasteiger partial charge in [-0.1, -0.05) is 32.9 Å². The highest BCUT2D eigenvalue weighted by Crippen LogP contribution is 2.25. The van der Waals surface area contributed by atoms with Crippen molar-refractivity contribution < 1.29 is 12.8 Å². The molecule has 0 atom stereocenters. The number of halogens is 1. The summed E-state index contributed by atoms with van der Waals surface area (Å²) in [5.41, 5.74) is 1.10. The molecule has 2 rings (SSSR count). The maximum absolute atomic E-state index is 12.6. The number of rotatable bonds is 4. The van der Waals surface area contributed by atoms with Gasteiger partial charge in [-0.15, -0.1) is 0 Å². The molecule has 0 amide bonds. The van der Waals surface area contributed by atoms with Gasteiger partial charge in [-0.2, -0.15) is 4.31 Å². The van der Waals surface area contributed by atoms with Crippen LogP contribution in [0.4, 0.5) is 0 Å². The first-order valence-corrected chi connectivity index (χ1v) is 9.15.